The molecular weight excluding hydrogens is 368 g/mol. The highest BCUT2D eigenvalue weighted by Gasteiger charge is 2.43. The van der Waals surface area contributed by atoms with Crippen LogP contribution in [0.15, 0.2) is 34.4 Å². The molecule has 2 aromatic rings. The van der Waals surface area contributed by atoms with E-state index in [0.717, 1.165) is 43.1 Å². The Bertz CT molecular complexity index is 793. The largest absolute Gasteiger partial charge is 0.381 e. The topological polar surface area (TPSA) is 94.0 Å². The van der Waals surface area contributed by atoms with E-state index in [1.54, 1.807) is 12.4 Å². The van der Waals surface area contributed by atoms with E-state index in [0.29, 0.717) is 27.5 Å². The number of nitrogens with zero attached hydrogens (tertiary/aromatic N) is 4. The molecule has 2 aliphatic rings. The first-order chi connectivity index (χ1) is 12.6. The van der Waals surface area contributed by atoms with Crippen LogP contribution in [0.1, 0.15) is 32.1 Å². The molecule has 1 spiro atoms. The maximum absolute atomic E-state index is 6.37. The molecular formula is C18H23ClN6S. The quantitative estimate of drug-likeness (QED) is 0.776. The minimum atomic E-state index is 0.336. The highest BCUT2D eigenvalue weighted by atomic mass is 35.5. The monoisotopic (exact) mass is 390 g/mol. The number of aromatic nitrogens is 3. The smallest absolute Gasteiger partial charge is 0.158 e. The van der Waals surface area contributed by atoms with Crippen molar-refractivity contribution in [1.29, 1.82) is 0 Å². The van der Waals surface area contributed by atoms with Crippen LogP contribution in [0.25, 0.3) is 0 Å². The molecule has 8 heteroatoms. The van der Waals surface area contributed by atoms with Crippen molar-refractivity contribution in [2.24, 2.45) is 11.1 Å². The van der Waals surface area contributed by atoms with Gasteiger partial charge in [0, 0.05) is 25.3 Å². The van der Waals surface area contributed by atoms with Crippen LogP contribution in [0, 0.1) is 5.41 Å². The molecule has 0 aromatic carbocycles. The second-order valence-corrected chi connectivity index (χ2v) is 8.55. The number of nitrogens with two attached hydrogens (primary N) is 2. The Morgan fingerprint density at radius 3 is 2.69 bits per heavy atom. The van der Waals surface area contributed by atoms with E-state index in [1.807, 2.05) is 12.1 Å². The highest BCUT2D eigenvalue weighted by Crippen LogP contribution is 2.46. The van der Waals surface area contributed by atoms with E-state index in [1.165, 1.54) is 24.6 Å². The molecule has 6 nitrogen and oxygen atoms in total. The number of rotatable bonds is 3. The lowest BCUT2D eigenvalue weighted by Gasteiger charge is -2.42. The molecule has 138 valence electrons. The van der Waals surface area contributed by atoms with Crippen LogP contribution in [0.3, 0.4) is 0 Å². The van der Waals surface area contributed by atoms with Crippen molar-refractivity contribution in [3.63, 3.8) is 0 Å². The van der Waals surface area contributed by atoms with Crippen molar-refractivity contribution in [3.05, 3.63) is 29.7 Å². The number of piperidine rings is 1. The van der Waals surface area contributed by atoms with Crippen LogP contribution < -0.4 is 16.4 Å². The molecule has 1 atom stereocenters. The fraction of sp³-hybridized carbons (Fsp3) is 0.500. The number of hydrogen-bond donors (Lipinski definition) is 2. The molecule has 1 aliphatic heterocycles. The van der Waals surface area contributed by atoms with E-state index >= 15 is 0 Å². The van der Waals surface area contributed by atoms with Crippen molar-refractivity contribution >= 4 is 35.0 Å². The van der Waals surface area contributed by atoms with Crippen molar-refractivity contribution in [2.45, 2.75) is 48.1 Å². The summed E-state index contributed by atoms with van der Waals surface area (Å²) in [7, 11) is 0. The molecule has 2 fully saturated rings. The summed E-state index contributed by atoms with van der Waals surface area (Å²) in [4.78, 5) is 16.3. The molecule has 3 heterocycles. The Morgan fingerprint density at radius 2 is 2.04 bits per heavy atom. The van der Waals surface area contributed by atoms with E-state index in [2.05, 4.69) is 19.9 Å². The Labute approximate surface area is 162 Å². The van der Waals surface area contributed by atoms with Crippen molar-refractivity contribution in [3.8, 4) is 0 Å². The Balaban J connectivity index is 1.46. The van der Waals surface area contributed by atoms with Gasteiger partial charge >= 0.3 is 0 Å². The minimum absolute atomic E-state index is 0.336. The summed E-state index contributed by atoms with van der Waals surface area (Å²) < 4.78 is 0. The molecule has 2 aromatic heterocycles. The first-order valence-corrected chi connectivity index (χ1v) is 10.2. The van der Waals surface area contributed by atoms with E-state index < -0.39 is 0 Å². The summed E-state index contributed by atoms with van der Waals surface area (Å²) in [5, 5.41) is 1.09. The molecule has 4 N–H and O–H groups in total. The van der Waals surface area contributed by atoms with Gasteiger partial charge in [0.15, 0.2) is 5.82 Å². The second-order valence-electron chi connectivity index (χ2n) is 7.16. The van der Waals surface area contributed by atoms with Crippen LogP contribution in [0.5, 0.6) is 0 Å². The van der Waals surface area contributed by atoms with E-state index in [-0.39, 0.29) is 0 Å². The van der Waals surface area contributed by atoms with Gasteiger partial charge in [0.25, 0.3) is 0 Å². The van der Waals surface area contributed by atoms with Crippen LogP contribution in [-0.4, -0.2) is 34.1 Å². The lowest BCUT2D eigenvalue weighted by Crippen LogP contribution is -2.47. The van der Waals surface area contributed by atoms with Crippen molar-refractivity contribution in [1.82, 2.24) is 15.0 Å². The molecule has 1 aliphatic carbocycles. The molecule has 1 unspecified atom stereocenters. The van der Waals surface area contributed by atoms with Gasteiger partial charge in [-0.05, 0) is 43.2 Å². The van der Waals surface area contributed by atoms with Crippen LogP contribution in [-0.2, 0) is 0 Å². The summed E-state index contributed by atoms with van der Waals surface area (Å²) in [6, 6.07) is 4.08. The standard InChI is InChI=1S/C18H23ClN6S/c19-15-12(3-2-8-22-15)26-17-16(21)24-14(11-23-17)25-9-6-18(7-10-25)5-1-4-13(18)20/h2-3,8,11,13H,1,4-7,9-10,20H2,(H2,21,24). The number of nitrogen functional groups attached to an aromatic ring is 1. The van der Waals surface area contributed by atoms with E-state index in [4.69, 9.17) is 23.1 Å². The third-order valence-corrected chi connectivity index (χ3v) is 7.21. The highest BCUT2D eigenvalue weighted by molar-refractivity contribution is 7.99. The average molecular weight is 391 g/mol. The van der Waals surface area contributed by atoms with Gasteiger partial charge in [-0.3, -0.25) is 0 Å². The van der Waals surface area contributed by atoms with Gasteiger partial charge < -0.3 is 16.4 Å². The fourth-order valence-electron chi connectivity index (χ4n) is 4.13. The number of pyridine rings is 1. The third kappa shape index (κ3) is 3.35. The summed E-state index contributed by atoms with van der Waals surface area (Å²) >= 11 is 7.49. The van der Waals surface area contributed by atoms with Gasteiger partial charge in [-0.15, -0.1) is 0 Å². The van der Waals surface area contributed by atoms with Crippen LogP contribution in [0.2, 0.25) is 5.15 Å². The zero-order valence-electron chi connectivity index (χ0n) is 14.6. The van der Waals surface area contributed by atoms with Crippen molar-refractivity contribution in [2.75, 3.05) is 23.7 Å². The van der Waals surface area contributed by atoms with Gasteiger partial charge in [0.05, 0.1) is 11.1 Å². The number of halogens is 1. The molecule has 4 rings (SSSR count). The van der Waals surface area contributed by atoms with Gasteiger partial charge in [0.1, 0.15) is 16.0 Å². The maximum Gasteiger partial charge on any atom is 0.158 e. The van der Waals surface area contributed by atoms with Gasteiger partial charge in [-0.1, -0.05) is 29.8 Å². The van der Waals surface area contributed by atoms with Crippen LogP contribution >= 0.6 is 23.4 Å². The van der Waals surface area contributed by atoms with Gasteiger partial charge in [0.2, 0.25) is 0 Å². The van der Waals surface area contributed by atoms with Crippen molar-refractivity contribution < 1.29 is 0 Å². The Kier molecular flexibility index (Phi) is 4.94. The predicted octanol–water partition coefficient (Wildman–Crippen LogP) is 3.36. The third-order valence-electron chi connectivity index (χ3n) is 5.74. The molecule has 26 heavy (non-hydrogen) atoms. The lowest BCUT2D eigenvalue weighted by molar-refractivity contribution is 0.197. The Hall–Kier alpha value is -1.57. The number of hydrogen-bond acceptors (Lipinski definition) is 7. The summed E-state index contributed by atoms with van der Waals surface area (Å²) in [5.74, 6) is 1.26. The molecule has 0 bridgehead atoms. The first-order valence-electron chi connectivity index (χ1n) is 8.99. The summed E-state index contributed by atoms with van der Waals surface area (Å²) in [5.41, 5.74) is 12.9. The average Bonchev–Trinajstić information content (AvgIpc) is 2.99. The fourth-order valence-corrected chi connectivity index (χ4v) is 5.12. The summed E-state index contributed by atoms with van der Waals surface area (Å²) in [6.07, 6.45) is 9.39. The SMILES string of the molecule is Nc1nc(N2CCC3(CCCC3N)CC2)cnc1Sc1cccnc1Cl. The summed E-state index contributed by atoms with van der Waals surface area (Å²) in [6.45, 7) is 1.92. The normalized spacial score (nSPS) is 22.1. The lowest BCUT2D eigenvalue weighted by atomic mass is 9.74. The van der Waals surface area contributed by atoms with Gasteiger partial charge in [-0.2, -0.15) is 0 Å². The molecule has 1 saturated carbocycles. The minimum Gasteiger partial charge on any atom is -0.381 e. The maximum atomic E-state index is 6.37. The molecule has 0 radical (unpaired) electrons. The predicted molar refractivity (Wildman–Crippen MR) is 106 cm³/mol. The molecule has 0 amide bonds. The zero-order valence-corrected chi connectivity index (χ0v) is 16.1. The first kappa shape index (κ1) is 17.8. The Morgan fingerprint density at radius 1 is 1.23 bits per heavy atom. The van der Waals surface area contributed by atoms with E-state index in [9.17, 15) is 0 Å². The van der Waals surface area contributed by atoms with Crippen LogP contribution in [0.4, 0.5) is 11.6 Å². The second kappa shape index (κ2) is 7.21. The van der Waals surface area contributed by atoms with Gasteiger partial charge in [-0.25, -0.2) is 15.0 Å². The molecule has 1 saturated heterocycles. The number of anilines is 2. The zero-order chi connectivity index (χ0) is 18.1.